The fourth-order valence-corrected chi connectivity index (χ4v) is 5.37. The van der Waals surface area contributed by atoms with Crippen molar-refractivity contribution in [3.8, 4) is 28.6 Å². The molecule has 0 saturated carbocycles. The summed E-state index contributed by atoms with van der Waals surface area (Å²) >= 11 is 0. The van der Waals surface area contributed by atoms with Crippen molar-refractivity contribution >= 4 is 34.1 Å². The standard InChI is InChI=1S/C30H24N4O6/c1-13-25(37)23(15(3)35)27-24(26(13)38)30(4)21(40-27)11-20(36)22(28(30)39)14(2)32-17-7-8-18-19(10-17)34-29(33-18)16-6-5-9-31-12-16/h5-12,32,37-38H,1-4H3,(H,33,34)/t30-/m0/s1. The van der Waals surface area contributed by atoms with E-state index in [9.17, 15) is 24.6 Å². The predicted molar refractivity (Wildman–Crippen MR) is 146 cm³/mol. The molecule has 0 saturated heterocycles. The monoisotopic (exact) mass is 536 g/mol. The highest BCUT2D eigenvalue weighted by Gasteiger charge is 2.56. The third-order valence-corrected chi connectivity index (χ3v) is 7.51. The van der Waals surface area contributed by atoms with Gasteiger partial charge in [-0.25, -0.2) is 4.98 Å². The molecule has 2 aromatic heterocycles. The van der Waals surface area contributed by atoms with Crippen molar-refractivity contribution in [2.75, 3.05) is 5.32 Å². The van der Waals surface area contributed by atoms with Crippen LogP contribution in [0.15, 0.2) is 65.8 Å². The molecule has 4 N–H and O–H groups in total. The average molecular weight is 537 g/mol. The van der Waals surface area contributed by atoms with Gasteiger partial charge in [0.15, 0.2) is 17.3 Å². The van der Waals surface area contributed by atoms with Gasteiger partial charge in [-0.05, 0) is 58.0 Å². The molecule has 0 unspecified atom stereocenters. The first-order valence-electron chi connectivity index (χ1n) is 12.5. The predicted octanol–water partition coefficient (Wildman–Crippen LogP) is 4.62. The van der Waals surface area contributed by atoms with Gasteiger partial charge in [0.1, 0.15) is 39.8 Å². The molecular weight excluding hydrogens is 512 g/mol. The van der Waals surface area contributed by atoms with Crippen LogP contribution in [0, 0.1) is 6.92 Å². The first kappa shape index (κ1) is 25.1. The number of carbonyl (C=O) groups is 3. The van der Waals surface area contributed by atoms with Gasteiger partial charge in [0, 0.05) is 41.0 Å². The van der Waals surface area contributed by atoms with E-state index in [0.717, 1.165) is 16.6 Å². The Kier molecular flexibility index (Phi) is 5.41. The molecule has 0 radical (unpaired) electrons. The molecule has 6 rings (SSSR count). The molecule has 4 aromatic rings. The van der Waals surface area contributed by atoms with E-state index in [0.29, 0.717) is 17.2 Å². The van der Waals surface area contributed by atoms with Gasteiger partial charge < -0.3 is 25.3 Å². The highest BCUT2D eigenvalue weighted by Crippen LogP contribution is 2.57. The third kappa shape index (κ3) is 3.46. The van der Waals surface area contributed by atoms with Crippen LogP contribution in [0.5, 0.6) is 17.2 Å². The number of hydrogen-bond donors (Lipinski definition) is 4. The van der Waals surface area contributed by atoms with Crippen LogP contribution in [0.1, 0.15) is 42.3 Å². The summed E-state index contributed by atoms with van der Waals surface area (Å²) in [5, 5.41) is 24.7. The number of benzene rings is 2. The Balaban J connectivity index is 1.41. The van der Waals surface area contributed by atoms with Crippen molar-refractivity contribution in [1.82, 2.24) is 15.0 Å². The molecule has 0 amide bonds. The van der Waals surface area contributed by atoms with Gasteiger partial charge in [0.25, 0.3) is 0 Å². The number of rotatable bonds is 4. The molecule has 0 spiro atoms. The Labute approximate surface area is 228 Å². The molecule has 3 heterocycles. The Morgan fingerprint density at radius 3 is 2.60 bits per heavy atom. The molecule has 2 aliphatic rings. The molecule has 200 valence electrons. The van der Waals surface area contributed by atoms with E-state index in [1.165, 1.54) is 26.8 Å². The van der Waals surface area contributed by atoms with E-state index >= 15 is 0 Å². The van der Waals surface area contributed by atoms with Crippen molar-refractivity contribution in [2.45, 2.75) is 33.1 Å². The number of Topliss-reactive ketones (excluding diaryl/α,β-unsaturated/α-hetero) is 2. The lowest BCUT2D eigenvalue weighted by atomic mass is 9.70. The lowest BCUT2D eigenvalue weighted by Gasteiger charge is -2.29. The number of carbonyl (C=O) groups excluding carboxylic acids is 3. The van der Waals surface area contributed by atoms with Gasteiger partial charge in [-0.2, -0.15) is 0 Å². The van der Waals surface area contributed by atoms with Gasteiger partial charge in [-0.15, -0.1) is 0 Å². The van der Waals surface area contributed by atoms with Gasteiger partial charge in [-0.1, -0.05) is 0 Å². The van der Waals surface area contributed by atoms with E-state index in [1.54, 1.807) is 25.4 Å². The molecule has 0 fully saturated rings. The van der Waals surface area contributed by atoms with Crippen LogP contribution in [-0.4, -0.2) is 42.5 Å². The maximum Gasteiger partial charge on any atom is 0.194 e. The van der Waals surface area contributed by atoms with E-state index in [2.05, 4.69) is 20.3 Å². The first-order chi connectivity index (χ1) is 19.0. The minimum absolute atomic E-state index is 0.0151. The Bertz CT molecular complexity index is 1870. The number of nitrogens with one attached hydrogen (secondary N) is 2. The number of pyridine rings is 1. The van der Waals surface area contributed by atoms with Crippen LogP contribution < -0.4 is 10.1 Å². The number of aromatic amines is 1. The number of imidazole rings is 1. The van der Waals surface area contributed by atoms with Crippen LogP contribution in [0.4, 0.5) is 5.69 Å². The number of phenolic OH excluding ortho intramolecular Hbond substituents is 2. The number of ketones is 3. The van der Waals surface area contributed by atoms with Crippen molar-refractivity contribution in [3.63, 3.8) is 0 Å². The number of aromatic hydroxyl groups is 2. The van der Waals surface area contributed by atoms with Crippen molar-refractivity contribution in [2.24, 2.45) is 0 Å². The fraction of sp³-hybridized carbons (Fsp3) is 0.167. The summed E-state index contributed by atoms with van der Waals surface area (Å²) in [7, 11) is 0. The highest BCUT2D eigenvalue weighted by molar-refractivity contribution is 6.31. The van der Waals surface area contributed by atoms with Crippen LogP contribution in [0.3, 0.4) is 0 Å². The van der Waals surface area contributed by atoms with E-state index < -0.39 is 28.5 Å². The summed E-state index contributed by atoms with van der Waals surface area (Å²) in [6.07, 6.45) is 4.58. The van der Waals surface area contributed by atoms with Crippen molar-refractivity contribution < 1.29 is 29.3 Å². The normalized spacial score (nSPS) is 19.1. The zero-order valence-corrected chi connectivity index (χ0v) is 22.0. The molecule has 1 atom stereocenters. The lowest BCUT2D eigenvalue weighted by molar-refractivity contribution is -0.123. The number of H-pyrrole nitrogens is 1. The van der Waals surface area contributed by atoms with E-state index in [4.69, 9.17) is 4.74 Å². The van der Waals surface area contributed by atoms with E-state index in [-0.39, 0.29) is 39.5 Å². The number of anilines is 1. The Hall–Kier alpha value is -5.25. The summed E-state index contributed by atoms with van der Waals surface area (Å²) in [5.41, 5.74) is 1.46. The summed E-state index contributed by atoms with van der Waals surface area (Å²) in [6, 6.07) is 9.13. The van der Waals surface area contributed by atoms with Crippen LogP contribution in [-0.2, 0) is 15.0 Å². The molecular formula is C30H24N4O6. The van der Waals surface area contributed by atoms with Crippen LogP contribution >= 0.6 is 0 Å². The Morgan fingerprint density at radius 1 is 1.12 bits per heavy atom. The zero-order chi connectivity index (χ0) is 28.5. The molecule has 1 aliphatic carbocycles. The fourth-order valence-electron chi connectivity index (χ4n) is 5.37. The van der Waals surface area contributed by atoms with Crippen LogP contribution in [0.25, 0.3) is 22.4 Å². The second kappa shape index (κ2) is 8.63. The summed E-state index contributed by atoms with van der Waals surface area (Å²) in [5.74, 6) is -1.97. The number of ether oxygens (including phenoxy) is 1. The number of fused-ring (bicyclic) bond motifs is 4. The molecule has 0 bridgehead atoms. The molecule has 10 heteroatoms. The minimum atomic E-state index is -1.58. The second-order valence-electron chi connectivity index (χ2n) is 10.1. The highest BCUT2D eigenvalue weighted by atomic mass is 16.5. The summed E-state index contributed by atoms with van der Waals surface area (Å²) < 4.78 is 5.82. The largest absolute Gasteiger partial charge is 0.507 e. The Morgan fingerprint density at radius 2 is 1.90 bits per heavy atom. The second-order valence-corrected chi connectivity index (χ2v) is 10.1. The summed E-state index contributed by atoms with van der Waals surface area (Å²) in [4.78, 5) is 51.6. The van der Waals surface area contributed by atoms with Gasteiger partial charge >= 0.3 is 0 Å². The number of phenols is 2. The molecule has 10 nitrogen and oxygen atoms in total. The maximum absolute atomic E-state index is 14.0. The lowest BCUT2D eigenvalue weighted by Crippen LogP contribution is -2.40. The SMILES string of the molecule is CC(=O)c1c(O)c(C)c(O)c2c1OC1=CC(=O)C(=C(C)Nc3ccc4nc(-c5cccnc5)[nH]c4c3)C(=O)[C@@]12C. The number of hydrogen-bond acceptors (Lipinski definition) is 9. The average Bonchev–Trinajstić information content (AvgIpc) is 3.47. The van der Waals surface area contributed by atoms with Crippen molar-refractivity contribution in [1.29, 1.82) is 0 Å². The number of allylic oxidation sites excluding steroid dienone is 4. The number of aromatic nitrogens is 3. The van der Waals surface area contributed by atoms with Gasteiger partial charge in [0.05, 0.1) is 22.2 Å². The quantitative estimate of drug-likeness (QED) is 0.166. The topological polar surface area (TPSA) is 154 Å². The summed E-state index contributed by atoms with van der Waals surface area (Å²) in [6.45, 7) is 5.83. The van der Waals surface area contributed by atoms with Gasteiger partial charge in [0.2, 0.25) is 0 Å². The maximum atomic E-state index is 14.0. The third-order valence-electron chi connectivity index (χ3n) is 7.51. The minimum Gasteiger partial charge on any atom is -0.507 e. The van der Waals surface area contributed by atoms with Crippen molar-refractivity contribution in [3.05, 3.63) is 82.5 Å². The van der Waals surface area contributed by atoms with E-state index in [1.807, 2.05) is 24.3 Å². The molecule has 1 aliphatic heterocycles. The van der Waals surface area contributed by atoms with Crippen LogP contribution in [0.2, 0.25) is 0 Å². The molecule has 2 aromatic carbocycles. The smallest absolute Gasteiger partial charge is 0.194 e. The zero-order valence-electron chi connectivity index (χ0n) is 22.0. The van der Waals surface area contributed by atoms with Gasteiger partial charge in [-0.3, -0.25) is 19.4 Å². The first-order valence-corrected chi connectivity index (χ1v) is 12.5. The number of nitrogens with zero attached hydrogens (tertiary/aromatic N) is 2. The molecule has 40 heavy (non-hydrogen) atoms.